The van der Waals surface area contributed by atoms with Crippen LogP contribution in [0.1, 0.15) is 32.3 Å². The molecule has 22 heavy (non-hydrogen) atoms. The van der Waals surface area contributed by atoms with E-state index in [4.69, 9.17) is 10.5 Å². The molecule has 0 bridgehead atoms. The number of nitrogens with zero attached hydrogens (tertiary/aromatic N) is 1. The van der Waals surface area contributed by atoms with Crippen molar-refractivity contribution in [3.63, 3.8) is 0 Å². The third-order valence-electron chi connectivity index (χ3n) is 4.60. The second-order valence-corrected chi connectivity index (χ2v) is 6.35. The number of benzene rings is 1. The van der Waals surface area contributed by atoms with Gasteiger partial charge in [0.25, 0.3) is 0 Å². The summed E-state index contributed by atoms with van der Waals surface area (Å²) in [5.74, 6) is 0.762. The summed E-state index contributed by atoms with van der Waals surface area (Å²) in [6, 6.07) is 9.81. The molecule has 1 aromatic rings. The molecule has 2 rings (SSSR count). The number of carbonyl (C=O) groups is 1. The molecular formula is C18H28N2O2. The van der Waals surface area contributed by atoms with Crippen LogP contribution in [0.4, 0.5) is 0 Å². The minimum atomic E-state index is -0.367. The maximum absolute atomic E-state index is 12.3. The molecule has 1 saturated heterocycles. The van der Waals surface area contributed by atoms with Crippen molar-refractivity contribution in [1.29, 1.82) is 0 Å². The van der Waals surface area contributed by atoms with Gasteiger partial charge in [-0.05, 0) is 17.9 Å². The summed E-state index contributed by atoms with van der Waals surface area (Å²) >= 11 is 0. The van der Waals surface area contributed by atoms with E-state index in [1.165, 1.54) is 5.56 Å². The first kappa shape index (κ1) is 17.0. The summed E-state index contributed by atoms with van der Waals surface area (Å²) in [5, 5.41) is 0. The molecule has 0 radical (unpaired) electrons. The number of nitrogens with two attached hydrogens (primary N) is 1. The number of likely N-dealkylation sites (tertiary alicyclic amines) is 1. The second-order valence-electron chi connectivity index (χ2n) is 6.35. The first-order valence-corrected chi connectivity index (χ1v) is 8.27. The van der Waals surface area contributed by atoms with E-state index < -0.39 is 0 Å². The van der Waals surface area contributed by atoms with E-state index in [-0.39, 0.29) is 17.9 Å². The minimum absolute atomic E-state index is 0.0971. The van der Waals surface area contributed by atoms with Crippen molar-refractivity contribution in [3.05, 3.63) is 35.9 Å². The maximum Gasteiger partial charge on any atom is 0.239 e. The first-order chi connectivity index (χ1) is 10.6. The predicted octanol–water partition coefficient (Wildman–Crippen LogP) is 2.43. The van der Waals surface area contributed by atoms with Crippen LogP contribution in [0.5, 0.6) is 0 Å². The van der Waals surface area contributed by atoms with Crippen LogP contribution in [0.3, 0.4) is 0 Å². The predicted molar refractivity (Wildman–Crippen MR) is 88.2 cm³/mol. The van der Waals surface area contributed by atoms with Gasteiger partial charge in [0, 0.05) is 19.0 Å². The summed E-state index contributed by atoms with van der Waals surface area (Å²) in [6.07, 6.45) is 1.94. The SMILES string of the molecule is CCC(C)C(N)C(=O)N1CCC(COCc2ccccc2)C1. The maximum atomic E-state index is 12.3. The molecule has 1 aliphatic rings. The second kappa shape index (κ2) is 8.30. The van der Waals surface area contributed by atoms with Crippen molar-refractivity contribution in [2.75, 3.05) is 19.7 Å². The molecule has 1 heterocycles. The molecule has 122 valence electrons. The van der Waals surface area contributed by atoms with E-state index in [1.807, 2.05) is 30.0 Å². The molecule has 1 fully saturated rings. The fourth-order valence-electron chi connectivity index (χ4n) is 2.79. The van der Waals surface area contributed by atoms with Crippen molar-refractivity contribution >= 4 is 5.91 Å². The molecule has 0 aromatic heterocycles. The third-order valence-corrected chi connectivity index (χ3v) is 4.60. The lowest BCUT2D eigenvalue weighted by molar-refractivity contribution is -0.132. The topological polar surface area (TPSA) is 55.6 Å². The zero-order valence-electron chi connectivity index (χ0n) is 13.7. The smallest absolute Gasteiger partial charge is 0.239 e. The molecule has 4 nitrogen and oxygen atoms in total. The van der Waals surface area contributed by atoms with Gasteiger partial charge in [0.2, 0.25) is 5.91 Å². The van der Waals surface area contributed by atoms with Crippen LogP contribution in [-0.4, -0.2) is 36.5 Å². The van der Waals surface area contributed by atoms with Gasteiger partial charge in [-0.15, -0.1) is 0 Å². The number of ether oxygens (including phenoxy) is 1. The van der Waals surface area contributed by atoms with Gasteiger partial charge in [-0.25, -0.2) is 0 Å². The van der Waals surface area contributed by atoms with Gasteiger partial charge in [-0.2, -0.15) is 0 Å². The molecule has 0 aliphatic carbocycles. The molecular weight excluding hydrogens is 276 g/mol. The average Bonchev–Trinajstić information content (AvgIpc) is 3.02. The highest BCUT2D eigenvalue weighted by atomic mass is 16.5. The zero-order valence-corrected chi connectivity index (χ0v) is 13.7. The van der Waals surface area contributed by atoms with E-state index >= 15 is 0 Å². The van der Waals surface area contributed by atoms with Gasteiger partial charge in [0.1, 0.15) is 0 Å². The molecule has 1 aromatic carbocycles. The fourth-order valence-corrected chi connectivity index (χ4v) is 2.79. The first-order valence-electron chi connectivity index (χ1n) is 8.27. The summed E-state index contributed by atoms with van der Waals surface area (Å²) in [5.41, 5.74) is 7.24. The monoisotopic (exact) mass is 304 g/mol. The van der Waals surface area contributed by atoms with Crippen LogP contribution < -0.4 is 5.73 Å². The number of rotatable bonds is 7. The highest BCUT2D eigenvalue weighted by Gasteiger charge is 2.31. The quantitative estimate of drug-likeness (QED) is 0.841. The lowest BCUT2D eigenvalue weighted by atomic mass is 9.99. The average molecular weight is 304 g/mol. The Morgan fingerprint density at radius 3 is 2.82 bits per heavy atom. The zero-order chi connectivity index (χ0) is 15.9. The van der Waals surface area contributed by atoms with Crippen molar-refractivity contribution in [2.45, 2.75) is 39.3 Å². The normalized spacial score (nSPS) is 20.9. The van der Waals surface area contributed by atoms with Crippen molar-refractivity contribution in [1.82, 2.24) is 4.90 Å². The van der Waals surface area contributed by atoms with Gasteiger partial charge < -0.3 is 15.4 Å². The number of hydrogen-bond donors (Lipinski definition) is 1. The van der Waals surface area contributed by atoms with E-state index in [2.05, 4.69) is 19.1 Å². The van der Waals surface area contributed by atoms with Gasteiger partial charge >= 0.3 is 0 Å². The Morgan fingerprint density at radius 1 is 1.41 bits per heavy atom. The third kappa shape index (κ3) is 4.55. The Bertz CT molecular complexity index is 463. The van der Waals surface area contributed by atoms with E-state index in [9.17, 15) is 4.79 Å². The highest BCUT2D eigenvalue weighted by molar-refractivity contribution is 5.82. The Kier molecular flexibility index (Phi) is 6.40. The molecule has 2 N–H and O–H groups in total. The highest BCUT2D eigenvalue weighted by Crippen LogP contribution is 2.19. The molecule has 4 heteroatoms. The van der Waals surface area contributed by atoms with Crippen molar-refractivity contribution < 1.29 is 9.53 Å². The fraction of sp³-hybridized carbons (Fsp3) is 0.611. The molecule has 0 saturated carbocycles. The van der Waals surface area contributed by atoms with Crippen molar-refractivity contribution in [3.8, 4) is 0 Å². The van der Waals surface area contributed by atoms with Gasteiger partial charge in [0.05, 0.1) is 19.3 Å². The lowest BCUT2D eigenvalue weighted by Crippen LogP contribution is -2.46. The van der Waals surface area contributed by atoms with E-state index in [0.29, 0.717) is 19.1 Å². The summed E-state index contributed by atoms with van der Waals surface area (Å²) < 4.78 is 5.79. The molecule has 1 amide bonds. The Morgan fingerprint density at radius 2 is 2.14 bits per heavy atom. The van der Waals surface area contributed by atoms with Crippen LogP contribution in [0.25, 0.3) is 0 Å². The molecule has 3 atom stereocenters. The lowest BCUT2D eigenvalue weighted by Gasteiger charge is -2.24. The van der Waals surface area contributed by atoms with E-state index in [1.54, 1.807) is 0 Å². The largest absolute Gasteiger partial charge is 0.376 e. The Labute approximate surface area is 133 Å². The Balaban J connectivity index is 1.72. The van der Waals surface area contributed by atoms with Crippen LogP contribution in [-0.2, 0) is 16.1 Å². The summed E-state index contributed by atoms with van der Waals surface area (Å²) in [7, 11) is 0. The standard InChI is InChI=1S/C18H28N2O2/c1-3-14(2)17(19)18(21)20-10-9-16(11-20)13-22-12-15-7-5-4-6-8-15/h4-8,14,16-17H,3,9-13,19H2,1-2H3. The molecule has 0 spiro atoms. The van der Waals surface area contributed by atoms with Gasteiger partial charge in [-0.1, -0.05) is 50.6 Å². The van der Waals surface area contributed by atoms with Crippen LogP contribution >= 0.6 is 0 Å². The number of amides is 1. The molecule has 1 aliphatic heterocycles. The van der Waals surface area contributed by atoms with E-state index in [0.717, 1.165) is 25.9 Å². The summed E-state index contributed by atoms with van der Waals surface area (Å²) in [4.78, 5) is 14.3. The summed E-state index contributed by atoms with van der Waals surface area (Å²) in [6.45, 7) is 7.04. The van der Waals surface area contributed by atoms with Crippen LogP contribution in [0.15, 0.2) is 30.3 Å². The van der Waals surface area contributed by atoms with Crippen molar-refractivity contribution in [2.24, 2.45) is 17.6 Å². The van der Waals surface area contributed by atoms with Crippen LogP contribution in [0, 0.1) is 11.8 Å². The van der Waals surface area contributed by atoms with Gasteiger partial charge in [0.15, 0.2) is 0 Å². The van der Waals surface area contributed by atoms with Crippen LogP contribution in [0.2, 0.25) is 0 Å². The van der Waals surface area contributed by atoms with Gasteiger partial charge in [-0.3, -0.25) is 4.79 Å². The minimum Gasteiger partial charge on any atom is -0.376 e. The number of carbonyl (C=O) groups excluding carboxylic acids is 1. The molecule has 3 unspecified atom stereocenters. The Hall–Kier alpha value is -1.39. The number of hydrogen-bond acceptors (Lipinski definition) is 3.